The predicted octanol–water partition coefficient (Wildman–Crippen LogP) is 15.9. The summed E-state index contributed by atoms with van der Waals surface area (Å²) in [5, 5.41) is 1.97. The first-order chi connectivity index (χ1) is 36.9. The number of halogens is 2. The van der Waals surface area contributed by atoms with E-state index in [0.717, 1.165) is 94.8 Å². The highest BCUT2D eigenvalue weighted by Gasteiger charge is 2.52. The second kappa shape index (κ2) is 19.0. The van der Waals surface area contributed by atoms with Crippen LogP contribution < -0.4 is 20.7 Å². The lowest BCUT2D eigenvalue weighted by Gasteiger charge is -2.32. The number of fused-ring (bicyclic) bond motifs is 3. The average Bonchev–Trinajstić information content (AvgIpc) is 4.05. The molecule has 7 nitrogen and oxygen atoms in total. The number of hydrogen-bond acceptors (Lipinski definition) is 6. The van der Waals surface area contributed by atoms with Crippen LogP contribution in [0.4, 0.5) is 42.9 Å². The van der Waals surface area contributed by atoms with Crippen molar-refractivity contribution in [2.24, 2.45) is 0 Å². The fourth-order valence-corrected chi connectivity index (χ4v) is 10.6. The van der Waals surface area contributed by atoms with Gasteiger partial charge in [0.05, 0.1) is 39.1 Å². The lowest BCUT2D eigenvalue weighted by atomic mass is 9.79. The van der Waals surface area contributed by atoms with Crippen molar-refractivity contribution < 1.29 is 27.4 Å². The number of aromatic nitrogens is 1. The third-order valence-corrected chi connectivity index (χ3v) is 16.2. The molecule has 0 radical (unpaired) electrons. The second-order valence-electron chi connectivity index (χ2n) is 22.2. The molecule has 382 valence electrons. The number of para-hydroxylation sites is 1. The van der Waals surface area contributed by atoms with Crippen LogP contribution in [-0.2, 0) is 18.6 Å². The minimum absolute atomic E-state index is 0.324. The summed E-state index contributed by atoms with van der Waals surface area (Å²) in [7, 11) is -1.07. The Labute approximate surface area is 450 Å². The molecule has 2 saturated heterocycles. The molecule has 0 atom stereocenters. The SMILES string of the molecule is CC1(C)OB(c2ccc(N(c3ccc(F)cc3)c3ccc4c(c3)c3cc(N(c5ccc(F)cc5)c5ccc(B6OC(C)(C)C(C)(C)O6)cc5)ccc3n4-c3c(-c4ccccc4)cccc3-c3ccccc3)cc2)OC1(C)C. The normalized spacial score (nSPS) is 16.3. The first-order valence-corrected chi connectivity index (χ1v) is 26.3. The van der Waals surface area contributed by atoms with E-state index in [1.807, 2.05) is 60.7 Å². The Morgan fingerprint density at radius 3 is 1.00 bits per heavy atom. The summed E-state index contributed by atoms with van der Waals surface area (Å²) in [5.41, 5.74) is 12.2. The number of nitrogens with zero attached hydrogens (tertiary/aromatic N) is 3. The smallest absolute Gasteiger partial charge is 0.399 e. The molecule has 0 bridgehead atoms. The van der Waals surface area contributed by atoms with Crippen LogP contribution >= 0.6 is 0 Å². The molecule has 9 aromatic carbocycles. The van der Waals surface area contributed by atoms with E-state index in [1.54, 1.807) is 0 Å². The first-order valence-electron chi connectivity index (χ1n) is 26.3. The molecule has 0 saturated carbocycles. The molecule has 2 aliphatic heterocycles. The van der Waals surface area contributed by atoms with Gasteiger partial charge in [-0.2, -0.15) is 0 Å². The zero-order chi connectivity index (χ0) is 53.4. The van der Waals surface area contributed by atoms with Crippen LogP contribution in [0.3, 0.4) is 0 Å². The number of hydrogen-bond donors (Lipinski definition) is 0. The Balaban J connectivity index is 1.08. The van der Waals surface area contributed by atoms with Crippen LogP contribution in [0.2, 0.25) is 0 Å². The molecule has 0 spiro atoms. The van der Waals surface area contributed by atoms with E-state index in [2.05, 4.69) is 197 Å². The molecule has 0 N–H and O–H groups in total. The molecule has 12 rings (SSSR count). The summed E-state index contributed by atoms with van der Waals surface area (Å²) in [5.74, 6) is -0.647. The molecule has 11 heteroatoms. The van der Waals surface area contributed by atoms with Crippen molar-refractivity contribution in [2.45, 2.75) is 77.8 Å². The molecule has 2 fully saturated rings. The van der Waals surface area contributed by atoms with Gasteiger partial charge in [0.25, 0.3) is 0 Å². The summed E-state index contributed by atoms with van der Waals surface area (Å²) in [4.78, 5) is 4.30. The van der Waals surface area contributed by atoms with E-state index in [4.69, 9.17) is 18.6 Å². The highest BCUT2D eigenvalue weighted by Crippen LogP contribution is 2.47. The van der Waals surface area contributed by atoms with Crippen molar-refractivity contribution in [3.8, 4) is 27.9 Å². The molecule has 10 aromatic rings. The maximum Gasteiger partial charge on any atom is 0.494 e. The number of anilines is 6. The van der Waals surface area contributed by atoms with Gasteiger partial charge in [0.15, 0.2) is 0 Å². The average molecular weight is 1020 g/mol. The zero-order valence-electron chi connectivity index (χ0n) is 44.6. The van der Waals surface area contributed by atoms with E-state index < -0.39 is 36.6 Å². The fourth-order valence-electron chi connectivity index (χ4n) is 10.6. The Bertz CT molecular complexity index is 3520. The fraction of sp³-hybridized carbons (Fsp3) is 0.182. The van der Waals surface area contributed by atoms with E-state index in [9.17, 15) is 8.78 Å². The minimum atomic E-state index is -0.535. The van der Waals surface area contributed by atoms with Crippen LogP contribution in [0, 0.1) is 11.6 Å². The molecular formula is C66H59B2F2N3O4. The lowest BCUT2D eigenvalue weighted by molar-refractivity contribution is 0.00578. The summed E-state index contributed by atoms with van der Waals surface area (Å²) in [6.07, 6.45) is 0. The minimum Gasteiger partial charge on any atom is -0.399 e. The van der Waals surface area contributed by atoms with E-state index in [1.165, 1.54) is 24.3 Å². The third-order valence-electron chi connectivity index (χ3n) is 16.2. The standard InChI is InChI=1S/C66H59B2F2N3O4/c1-63(2)64(3,4)75-67(74-63)46-22-30-50(31-23-46)71(52-34-26-48(69)27-35-52)54-38-40-60-58(42-54)59-43-55(72(53-36-28-49(70)29-37-53)51-32-24-47(25-33-51)68-76-65(5,6)66(7,8)77-68)39-41-61(59)73(60)62-56(44-16-11-9-12-17-44)20-15-21-57(62)45-18-13-10-14-19-45/h9-43H,1-8H3. The second-order valence-corrected chi connectivity index (χ2v) is 22.2. The van der Waals surface area contributed by atoms with Gasteiger partial charge >= 0.3 is 14.2 Å². The van der Waals surface area contributed by atoms with Crippen molar-refractivity contribution in [1.82, 2.24) is 4.57 Å². The van der Waals surface area contributed by atoms with Crippen molar-refractivity contribution in [3.63, 3.8) is 0 Å². The largest absolute Gasteiger partial charge is 0.494 e. The molecular weight excluding hydrogens is 958 g/mol. The molecule has 0 amide bonds. The van der Waals surface area contributed by atoms with Crippen LogP contribution in [-0.4, -0.2) is 41.2 Å². The van der Waals surface area contributed by atoms with Gasteiger partial charge in [-0.15, -0.1) is 0 Å². The summed E-state index contributed by atoms with van der Waals surface area (Å²) in [6.45, 7) is 16.4. The Morgan fingerprint density at radius 2 is 0.662 bits per heavy atom. The Morgan fingerprint density at radius 1 is 0.351 bits per heavy atom. The highest BCUT2D eigenvalue weighted by molar-refractivity contribution is 6.62. The Kier molecular flexibility index (Phi) is 12.4. The molecule has 77 heavy (non-hydrogen) atoms. The van der Waals surface area contributed by atoms with Gasteiger partial charge in [-0.1, -0.05) is 103 Å². The van der Waals surface area contributed by atoms with Crippen LogP contribution in [0.25, 0.3) is 49.7 Å². The van der Waals surface area contributed by atoms with Gasteiger partial charge in [0, 0.05) is 56.0 Å². The van der Waals surface area contributed by atoms with Gasteiger partial charge in [-0.05, 0) is 187 Å². The summed E-state index contributed by atoms with van der Waals surface area (Å²) >= 11 is 0. The van der Waals surface area contributed by atoms with E-state index >= 15 is 0 Å². The first kappa shape index (κ1) is 50.1. The highest BCUT2D eigenvalue weighted by atomic mass is 19.1. The van der Waals surface area contributed by atoms with Gasteiger partial charge in [-0.25, -0.2) is 8.78 Å². The van der Waals surface area contributed by atoms with Crippen molar-refractivity contribution in [1.29, 1.82) is 0 Å². The van der Waals surface area contributed by atoms with Crippen LogP contribution in [0.15, 0.2) is 212 Å². The number of rotatable bonds is 11. The van der Waals surface area contributed by atoms with Crippen molar-refractivity contribution in [2.75, 3.05) is 9.80 Å². The molecule has 0 aliphatic carbocycles. The van der Waals surface area contributed by atoms with Crippen molar-refractivity contribution >= 4 is 81.1 Å². The number of benzene rings is 9. The van der Waals surface area contributed by atoms with Gasteiger partial charge in [0.1, 0.15) is 11.6 Å². The van der Waals surface area contributed by atoms with Gasteiger partial charge < -0.3 is 33.0 Å². The Hall–Kier alpha value is -7.79. The lowest BCUT2D eigenvalue weighted by Crippen LogP contribution is -2.41. The molecule has 3 heterocycles. The summed E-state index contributed by atoms with van der Waals surface area (Å²) in [6, 6.07) is 70.4. The topological polar surface area (TPSA) is 48.3 Å². The zero-order valence-corrected chi connectivity index (χ0v) is 44.6. The maximum absolute atomic E-state index is 14.8. The molecule has 2 aliphatic rings. The summed E-state index contributed by atoms with van der Waals surface area (Å²) < 4.78 is 57.8. The van der Waals surface area contributed by atoms with E-state index in [-0.39, 0.29) is 11.6 Å². The van der Waals surface area contributed by atoms with Gasteiger partial charge in [0.2, 0.25) is 0 Å². The van der Waals surface area contributed by atoms with Gasteiger partial charge in [-0.3, -0.25) is 0 Å². The van der Waals surface area contributed by atoms with Crippen molar-refractivity contribution in [3.05, 3.63) is 224 Å². The molecule has 0 unspecified atom stereocenters. The monoisotopic (exact) mass is 1020 g/mol. The van der Waals surface area contributed by atoms with Crippen LogP contribution in [0.5, 0.6) is 0 Å². The van der Waals surface area contributed by atoms with E-state index in [0.29, 0.717) is 0 Å². The van der Waals surface area contributed by atoms with Crippen LogP contribution in [0.1, 0.15) is 55.4 Å². The predicted molar refractivity (Wildman–Crippen MR) is 312 cm³/mol. The quantitative estimate of drug-likeness (QED) is 0.120. The third kappa shape index (κ3) is 9.01. The maximum atomic E-state index is 14.8. The molecule has 1 aromatic heterocycles.